The van der Waals surface area contributed by atoms with Crippen molar-refractivity contribution in [2.24, 2.45) is 0 Å². The maximum absolute atomic E-state index is 8.92. The molecule has 2 unspecified atom stereocenters. The summed E-state index contributed by atoms with van der Waals surface area (Å²) in [5.74, 6) is 0. The van der Waals surface area contributed by atoms with Gasteiger partial charge >= 0.3 is 0 Å². The largest absolute Gasteiger partial charge is 0.396 e. The third-order valence-corrected chi connectivity index (χ3v) is 1.34. The fourth-order valence-corrected chi connectivity index (χ4v) is 0.840. The molecule has 1 rings (SSSR count). The highest BCUT2D eigenvalue weighted by atomic mass is 16.7. The van der Waals surface area contributed by atoms with Crippen molar-refractivity contribution in [3.63, 3.8) is 0 Å². The van der Waals surface area contributed by atoms with Gasteiger partial charge in [0.25, 0.3) is 0 Å². The zero-order valence-electron chi connectivity index (χ0n) is 5.69. The van der Waals surface area contributed by atoms with E-state index in [2.05, 4.69) is 0 Å². The summed E-state index contributed by atoms with van der Waals surface area (Å²) in [4.78, 5) is 0. The van der Waals surface area contributed by atoms with Gasteiger partial charge < -0.3 is 19.7 Å². The number of aliphatic hydroxyl groups excluding tert-OH is 2. The standard InChI is InChI=1S/C6H12O4/c7-3-1-6-9-4-2-5(8)10-6/h5-8H,1-4H2. The predicted octanol–water partition coefficient (Wildman–Crippen LogP) is -0.550. The van der Waals surface area contributed by atoms with Crippen molar-refractivity contribution in [2.45, 2.75) is 25.4 Å². The Bertz CT molecular complexity index is 93.7. The Morgan fingerprint density at radius 2 is 2.30 bits per heavy atom. The number of hydrogen-bond acceptors (Lipinski definition) is 4. The van der Waals surface area contributed by atoms with Crippen LogP contribution in [0.5, 0.6) is 0 Å². The van der Waals surface area contributed by atoms with Gasteiger partial charge in [-0.25, -0.2) is 0 Å². The second-order valence-electron chi connectivity index (χ2n) is 2.19. The molecule has 0 aromatic carbocycles. The first-order chi connectivity index (χ1) is 4.83. The average Bonchev–Trinajstić information content (AvgIpc) is 1.88. The normalized spacial score (nSPS) is 34.2. The molecule has 1 saturated heterocycles. The lowest BCUT2D eigenvalue weighted by molar-refractivity contribution is -0.272. The molecule has 0 spiro atoms. The summed E-state index contributed by atoms with van der Waals surface area (Å²) in [5, 5.41) is 17.4. The number of ether oxygens (including phenoxy) is 2. The van der Waals surface area contributed by atoms with Gasteiger partial charge in [0.1, 0.15) is 0 Å². The van der Waals surface area contributed by atoms with Crippen molar-refractivity contribution < 1.29 is 19.7 Å². The Morgan fingerprint density at radius 1 is 1.50 bits per heavy atom. The summed E-state index contributed by atoms with van der Waals surface area (Å²) in [6.07, 6.45) is -0.196. The smallest absolute Gasteiger partial charge is 0.162 e. The van der Waals surface area contributed by atoms with Crippen LogP contribution in [-0.4, -0.2) is 36.0 Å². The molecule has 10 heavy (non-hydrogen) atoms. The Hall–Kier alpha value is -0.160. The van der Waals surface area contributed by atoms with Crippen LogP contribution in [-0.2, 0) is 9.47 Å². The van der Waals surface area contributed by atoms with E-state index < -0.39 is 12.6 Å². The molecule has 60 valence electrons. The molecule has 1 aliphatic heterocycles. The van der Waals surface area contributed by atoms with E-state index in [1.165, 1.54) is 0 Å². The lowest BCUT2D eigenvalue weighted by Crippen LogP contribution is -2.32. The van der Waals surface area contributed by atoms with Crippen LogP contribution in [0.15, 0.2) is 0 Å². The van der Waals surface area contributed by atoms with Crippen molar-refractivity contribution in [1.82, 2.24) is 0 Å². The van der Waals surface area contributed by atoms with Crippen LogP contribution in [0.3, 0.4) is 0 Å². The van der Waals surface area contributed by atoms with E-state index >= 15 is 0 Å². The van der Waals surface area contributed by atoms with Crippen molar-refractivity contribution in [2.75, 3.05) is 13.2 Å². The fourth-order valence-electron chi connectivity index (χ4n) is 0.840. The third-order valence-electron chi connectivity index (χ3n) is 1.34. The molecule has 4 nitrogen and oxygen atoms in total. The van der Waals surface area contributed by atoms with Crippen LogP contribution in [0.2, 0.25) is 0 Å². The Morgan fingerprint density at radius 3 is 2.90 bits per heavy atom. The maximum atomic E-state index is 8.92. The minimum absolute atomic E-state index is 0.0252. The summed E-state index contributed by atoms with van der Waals surface area (Å²) in [6, 6.07) is 0. The monoisotopic (exact) mass is 148 g/mol. The maximum Gasteiger partial charge on any atom is 0.162 e. The van der Waals surface area contributed by atoms with Gasteiger partial charge in [-0.3, -0.25) is 0 Å². The molecule has 2 N–H and O–H groups in total. The molecule has 2 atom stereocenters. The highest BCUT2D eigenvalue weighted by Gasteiger charge is 2.19. The minimum atomic E-state index is -0.717. The quantitative estimate of drug-likeness (QED) is 0.551. The molecular formula is C6H12O4. The van der Waals surface area contributed by atoms with E-state index in [4.69, 9.17) is 19.7 Å². The topological polar surface area (TPSA) is 58.9 Å². The Labute approximate surface area is 59.4 Å². The van der Waals surface area contributed by atoms with E-state index in [9.17, 15) is 0 Å². The second-order valence-corrected chi connectivity index (χ2v) is 2.19. The Balaban J connectivity index is 2.18. The minimum Gasteiger partial charge on any atom is -0.396 e. The van der Waals surface area contributed by atoms with Crippen molar-refractivity contribution in [3.8, 4) is 0 Å². The van der Waals surface area contributed by atoms with E-state index in [0.717, 1.165) is 0 Å². The summed E-state index contributed by atoms with van der Waals surface area (Å²) < 4.78 is 9.95. The predicted molar refractivity (Wildman–Crippen MR) is 33.2 cm³/mol. The van der Waals surface area contributed by atoms with Crippen LogP contribution in [0.1, 0.15) is 12.8 Å². The molecule has 0 aliphatic carbocycles. The number of hydrogen-bond donors (Lipinski definition) is 2. The first kappa shape index (κ1) is 7.94. The van der Waals surface area contributed by atoms with Crippen LogP contribution < -0.4 is 0 Å². The molecule has 0 aromatic rings. The van der Waals surface area contributed by atoms with Gasteiger partial charge in [0, 0.05) is 19.4 Å². The molecule has 0 amide bonds. The lowest BCUT2D eigenvalue weighted by atomic mass is 10.3. The van der Waals surface area contributed by atoms with Gasteiger partial charge in [0.15, 0.2) is 12.6 Å². The lowest BCUT2D eigenvalue weighted by Gasteiger charge is -2.26. The van der Waals surface area contributed by atoms with Gasteiger partial charge in [-0.1, -0.05) is 0 Å². The third kappa shape index (κ3) is 2.22. The molecular weight excluding hydrogens is 136 g/mol. The van der Waals surface area contributed by atoms with E-state index in [-0.39, 0.29) is 6.61 Å². The van der Waals surface area contributed by atoms with E-state index in [1.807, 2.05) is 0 Å². The first-order valence-electron chi connectivity index (χ1n) is 3.39. The summed E-state index contributed by atoms with van der Waals surface area (Å²) >= 11 is 0. The molecule has 0 bridgehead atoms. The van der Waals surface area contributed by atoms with Crippen LogP contribution in [0.4, 0.5) is 0 Å². The highest BCUT2D eigenvalue weighted by Crippen LogP contribution is 2.11. The molecule has 1 fully saturated rings. The van der Waals surface area contributed by atoms with Crippen LogP contribution in [0, 0.1) is 0 Å². The molecule has 4 heteroatoms. The van der Waals surface area contributed by atoms with Crippen molar-refractivity contribution >= 4 is 0 Å². The van der Waals surface area contributed by atoms with E-state index in [1.54, 1.807) is 0 Å². The highest BCUT2D eigenvalue weighted by molar-refractivity contribution is 4.53. The van der Waals surface area contributed by atoms with Gasteiger partial charge in [-0.05, 0) is 0 Å². The average molecular weight is 148 g/mol. The van der Waals surface area contributed by atoms with E-state index in [0.29, 0.717) is 19.4 Å². The molecule has 0 radical (unpaired) electrons. The summed E-state index contributed by atoms with van der Waals surface area (Å²) in [7, 11) is 0. The fraction of sp³-hybridized carbons (Fsp3) is 1.00. The summed E-state index contributed by atoms with van der Waals surface area (Å²) in [6.45, 7) is 0.531. The molecule has 0 aromatic heterocycles. The van der Waals surface area contributed by atoms with Gasteiger partial charge in [-0.2, -0.15) is 0 Å². The van der Waals surface area contributed by atoms with Crippen molar-refractivity contribution in [1.29, 1.82) is 0 Å². The zero-order chi connectivity index (χ0) is 7.40. The van der Waals surface area contributed by atoms with Gasteiger partial charge in [0.05, 0.1) is 6.61 Å². The van der Waals surface area contributed by atoms with Crippen LogP contribution in [0.25, 0.3) is 0 Å². The molecule has 1 aliphatic rings. The first-order valence-corrected chi connectivity index (χ1v) is 3.39. The Kier molecular flexibility index (Phi) is 3.08. The SMILES string of the molecule is OCCC1OCCC(O)O1. The molecule has 1 heterocycles. The van der Waals surface area contributed by atoms with Gasteiger partial charge in [-0.15, -0.1) is 0 Å². The number of aliphatic hydroxyl groups is 2. The number of rotatable bonds is 2. The van der Waals surface area contributed by atoms with Crippen LogP contribution >= 0.6 is 0 Å². The second kappa shape index (κ2) is 3.88. The zero-order valence-corrected chi connectivity index (χ0v) is 5.69. The van der Waals surface area contributed by atoms with Crippen molar-refractivity contribution in [3.05, 3.63) is 0 Å². The molecule has 0 saturated carbocycles. The van der Waals surface area contributed by atoms with Gasteiger partial charge in [0.2, 0.25) is 0 Å². The summed E-state index contributed by atoms with van der Waals surface area (Å²) in [5.41, 5.74) is 0.